The second kappa shape index (κ2) is 7.78. The molecule has 21 heavy (non-hydrogen) atoms. The van der Waals surface area contributed by atoms with Gasteiger partial charge in [-0.15, -0.1) is 0 Å². The van der Waals surface area contributed by atoms with E-state index in [1.54, 1.807) is 37.3 Å². The highest BCUT2D eigenvalue weighted by atomic mass is 16.5. The van der Waals surface area contributed by atoms with Gasteiger partial charge in [0.2, 0.25) is 0 Å². The second-order valence-corrected chi connectivity index (χ2v) is 4.97. The van der Waals surface area contributed by atoms with Gasteiger partial charge in [0.15, 0.2) is 5.41 Å². The number of hydrogen-bond donors (Lipinski definition) is 1. The number of carbonyl (C=O) groups excluding carboxylic acids is 1. The topological polar surface area (TPSA) is 72.8 Å². The minimum absolute atomic E-state index is 0.0311. The molecule has 1 aromatic carbocycles. The summed E-state index contributed by atoms with van der Waals surface area (Å²) in [5, 5.41) is 9.68. The van der Waals surface area contributed by atoms with Crippen molar-refractivity contribution in [3.63, 3.8) is 0 Å². The number of aliphatic carboxylic acids is 1. The molecular weight excluding hydrogens is 272 g/mol. The molecule has 1 N–H and O–H groups in total. The highest BCUT2D eigenvalue weighted by Crippen LogP contribution is 2.30. The van der Waals surface area contributed by atoms with Crippen LogP contribution >= 0.6 is 0 Å². The summed E-state index contributed by atoms with van der Waals surface area (Å²) < 4.78 is 10.4. The van der Waals surface area contributed by atoms with Gasteiger partial charge in [0.25, 0.3) is 0 Å². The molecule has 1 unspecified atom stereocenters. The summed E-state index contributed by atoms with van der Waals surface area (Å²) in [4.78, 5) is 24.2. The maximum absolute atomic E-state index is 12.3. The smallest absolute Gasteiger partial charge is 0.328 e. The van der Waals surface area contributed by atoms with Gasteiger partial charge in [0, 0.05) is 13.0 Å². The fourth-order valence-corrected chi connectivity index (χ4v) is 2.11. The molecule has 0 fully saturated rings. The first-order valence-electron chi connectivity index (χ1n) is 7.03. The Kier molecular flexibility index (Phi) is 6.37. The van der Waals surface area contributed by atoms with E-state index in [0.717, 1.165) is 0 Å². The number of ether oxygens (including phenoxy) is 2. The standard InChI is InChI=1S/C16H22O5/c1-4-20-15(19)16(14(17)18,10-11-21-12(2)3)13-8-6-5-7-9-13/h5-9,12H,4,10-11H2,1-3H3,(H,17,18). The Morgan fingerprint density at radius 1 is 1.24 bits per heavy atom. The van der Waals surface area contributed by atoms with E-state index in [1.807, 2.05) is 13.8 Å². The Morgan fingerprint density at radius 3 is 2.33 bits per heavy atom. The Hall–Kier alpha value is -1.88. The molecule has 5 heteroatoms. The first-order valence-corrected chi connectivity index (χ1v) is 7.03. The highest BCUT2D eigenvalue weighted by Gasteiger charge is 2.49. The molecule has 0 radical (unpaired) electrons. The van der Waals surface area contributed by atoms with Crippen molar-refractivity contribution >= 4 is 11.9 Å². The molecule has 0 aliphatic heterocycles. The van der Waals surface area contributed by atoms with Crippen LogP contribution < -0.4 is 0 Å². The minimum atomic E-state index is -1.73. The number of carboxylic acids is 1. The molecule has 0 saturated heterocycles. The minimum Gasteiger partial charge on any atom is -0.480 e. The van der Waals surface area contributed by atoms with Crippen molar-refractivity contribution in [3.8, 4) is 0 Å². The van der Waals surface area contributed by atoms with Gasteiger partial charge in [-0.25, -0.2) is 0 Å². The normalized spacial score (nSPS) is 13.7. The van der Waals surface area contributed by atoms with Crippen LogP contribution in [0.25, 0.3) is 0 Å². The van der Waals surface area contributed by atoms with Crippen LogP contribution in [0.1, 0.15) is 32.8 Å². The zero-order chi connectivity index (χ0) is 15.9. The van der Waals surface area contributed by atoms with Crippen LogP contribution in [-0.4, -0.2) is 36.4 Å². The van der Waals surface area contributed by atoms with E-state index in [4.69, 9.17) is 9.47 Å². The third kappa shape index (κ3) is 4.04. The maximum atomic E-state index is 12.3. The van der Waals surface area contributed by atoms with Crippen LogP contribution in [0.5, 0.6) is 0 Å². The molecule has 0 saturated carbocycles. The molecule has 0 bridgehead atoms. The van der Waals surface area contributed by atoms with E-state index in [9.17, 15) is 14.7 Å². The summed E-state index contributed by atoms with van der Waals surface area (Å²) in [7, 11) is 0. The van der Waals surface area contributed by atoms with Crippen molar-refractivity contribution < 1.29 is 24.2 Å². The average molecular weight is 294 g/mol. The zero-order valence-corrected chi connectivity index (χ0v) is 12.7. The van der Waals surface area contributed by atoms with Crippen LogP contribution in [0.4, 0.5) is 0 Å². The van der Waals surface area contributed by atoms with Gasteiger partial charge in [0.05, 0.1) is 12.7 Å². The van der Waals surface area contributed by atoms with Gasteiger partial charge in [-0.05, 0) is 26.3 Å². The van der Waals surface area contributed by atoms with Crippen LogP contribution in [0, 0.1) is 0 Å². The third-order valence-corrected chi connectivity index (χ3v) is 3.18. The van der Waals surface area contributed by atoms with Crippen molar-refractivity contribution in [2.24, 2.45) is 0 Å². The Balaban J connectivity index is 3.17. The van der Waals surface area contributed by atoms with Gasteiger partial charge in [-0.1, -0.05) is 30.3 Å². The van der Waals surface area contributed by atoms with Crippen molar-refractivity contribution in [2.75, 3.05) is 13.2 Å². The molecule has 1 atom stereocenters. The second-order valence-electron chi connectivity index (χ2n) is 4.97. The number of benzene rings is 1. The number of esters is 1. The molecule has 116 valence electrons. The Labute approximate surface area is 124 Å². The lowest BCUT2D eigenvalue weighted by Crippen LogP contribution is -2.46. The van der Waals surface area contributed by atoms with E-state index in [2.05, 4.69) is 0 Å². The molecular formula is C16H22O5. The molecule has 0 amide bonds. The van der Waals surface area contributed by atoms with Crippen molar-refractivity contribution in [1.29, 1.82) is 0 Å². The van der Waals surface area contributed by atoms with E-state index in [-0.39, 0.29) is 25.7 Å². The van der Waals surface area contributed by atoms with Gasteiger partial charge in [0.1, 0.15) is 0 Å². The largest absolute Gasteiger partial charge is 0.480 e. The van der Waals surface area contributed by atoms with Crippen LogP contribution in [0.2, 0.25) is 0 Å². The van der Waals surface area contributed by atoms with Gasteiger partial charge in [-0.2, -0.15) is 0 Å². The molecule has 0 spiro atoms. The van der Waals surface area contributed by atoms with Crippen molar-refractivity contribution in [2.45, 2.75) is 38.7 Å². The average Bonchev–Trinajstić information content (AvgIpc) is 2.44. The number of rotatable bonds is 8. The fourth-order valence-electron chi connectivity index (χ4n) is 2.11. The van der Waals surface area contributed by atoms with Crippen LogP contribution in [-0.2, 0) is 24.5 Å². The summed E-state index contributed by atoms with van der Waals surface area (Å²) in [5.74, 6) is -1.98. The Bertz CT molecular complexity index is 469. The lowest BCUT2D eigenvalue weighted by molar-refractivity contribution is -0.163. The van der Waals surface area contributed by atoms with E-state index in [0.29, 0.717) is 5.56 Å². The predicted molar refractivity (Wildman–Crippen MR) is 78.1 cm³/mol. The quantitative estimate of drug-likeness (QED) is 0.588. The summed E-state index contributed by atoms with van der Waals surface area (Å²) in [6.07, 6.45) is -0.00179. The first-order chi connectivity index (χ1) is 9.95. The number of carbonyl (C=O) groups is 2. The maximum Gasteiger partial charge on any atom is 0.328 e. The third-order valence-electron chi connectivity index (χ3n) is 3.18. The summed E-state index contributed by atoms with van der Waals surface area (Å²) in [5.41, 5.74) is -1.32. The fraction of sp³-hybridized carbons (Fsp3) is 0.500. The zero-order valence-electron chi connectivity index (χ0n) is 12.7. The first kappa shape index (κ1) is 17.2. The summed E-state index contributed by atoms with van der Waals surface area (Å²) in [6, 6.07) is 8.43. The lowest BCUT2D eigenvalue weighted by atomic mass is 9.77. The molecule has 5 nitrogen and oxygen atoms in total. The molecule has 0 aliphatic carbocycles. The molecule has 1 aromatic rings. The molecule has 0 heterocycles. The molecule has 0 aromatic heterocycles. The SMILES string of the molecule is CCOC(=O)C(CCOC(C)C)(C(=O)O)c1ccccc1. The highest BCUT2D eigenvalue weighted by molar-refractivity contribution is 6.05. The van der Waals surface area contributed by atoms with Crippen molar-refractivity contribution in [3.05, 3.63) is 35.9 Å². The van der Waals surface area contributed by atoms with Gasteiger partial charge >= 0.3 is 11.9 Å². The van der Waals surface area contributed by atoms with E-state index < -0.39 is 17.4 Å². The molecule has 1 rings (SSSR count). The van der Waals surface area contributed by atoms with E-state index >= 15 is 0 Å². The Morgan fingerprint density at radius 2 is 1.86 bits per heavy atom. The number of carboxylic acid groups (broad SMARTS) is 1. The number of hydrogen-bond acceptors (Lipinski definition) is 4. The van der Waals surface area contributed by atoms with Gasteiger partial charge in [-0.3, -0.25) is 9.59 Å². The van der Waals surface area contributed by atoms with E-state index in [1.165, 1.54) is 0 Å². The molecule has 0 aliphatic rings. The van der Waals surface area contributed by atoms with Crippen LogP contribution in [0.15, 0.2) is 30.3 Å². The summed E-state index contributed by atoms with van der Waals surface area (Å²) >= 11 is 0. The summed E-state index contributed by atoms with van der Waals surface area (Å²) in [6.45, 7) is 5.66. The predicted octanol–water partition coefficient (Wildman–Crippen LogP) is 2.39. The lowest BCUT2D eigenvalue weighted by Gasteiger charge is -2.28. The van der Waals surface area contributed by atoms with Gasteiger partial charge < -0.3 is 14.6 Å². The van der Waals surface area contributed by atoms with Crippen molar-refractivity contribution in [1.82, 2.24) is 0 Å². The monoisotopic (exact) mass is 294 g/mol. The van der Waals surface area contributed by atoms with Crippen LogP contribution in [0.3, 0.4) is 0 Å².